The molecule has 0 aromatic rings. The molecule has 0 aromatic heterocycles. The molecular formula is C10H14F2INO. The van der Waals surface area contributed by atoms with Crippen LogP contribution in [0.1, 0.15) is 25.7 Å². The Morgan fingerprint density at radius 3 is 2.67 bits per heavy atom. The smallest absolute Gasteiger partial charge is 0.255 e. The minimum Gasteiger partial charge on any atom is -0.314 e. The van der Waals surface area contributed by atoms with Gasteiger partial charge in [0.15, 0.2) is 0 Å². The van der Waals surface area contributed by atoms with Gasteiger partial charge in [-0.2, -0.15) is 0 Å². The predicted molar refractivity (Wildman–Crippen MR) is 60.1 cm³/mol. The zero-order chi connectivity index (χ0) is 10.7. The van der Waals surface area contributed by atoms with Crippen molar-refractivity contribution in [1.82, 2.24) is 4.90 Å². The molecule has 2 unspecified atom stereocenters. The Morgan fingerprint density at radius 2 is 2.07 bits per heavy atom. The minimum atomic E-state index is -2.41. The fourth-order valence-electron chi connectivity index (χ4n) is 3.55. The van der Waals surface area contributed by atoms with E-state index in [9.17, 15) is 8.78 Å². The molecule has 15 heavy (non-hydrogen) atoms. The maximum Gasteiger partial charge on any atom is 0.255 e. The molecule has 1 saturated carbocycles. The summed E-state index contributed by atoms with van der Waals surface area (Å²) in [6, 6.07) is 0. The number of fused-ring (bicyclic) bond motifs is 1. The average Bonchev–Trinajstić information content (AvgIpc) is 2.43. The van der Waals surface area contributed by atoms with Crippen LogP contribution in [-0.2, 0) is 3.07 Å². The number of hydrogen-bond acceptors (Lipinski definition) is 2. The van der Waals surface area contributed by atoms with Crippen LogP contribution in [0.4, 0.5) is 8.78 Å². The van der Waals surface area contributed by atoms with E-state index in [0.717, 1.165) is 19.4 Å². The SMILES string of the molecule is FC1(F)CC12CN1CCCC1(COI)C2. The molecule has 0 N–H and O–H groups in total. The van der Waals surface area contributed by atoms with Crippen molar-refractivity contribution in [2.45, 2.75) is 37.1 Å². The van der Waals surface area contributed by atoms with Crippen molar-refractivity contribution in [1.29, 1.82) is 0 Å². The van der Waals surface area contributed by atoms with Crippen LogP contribution in [0.2, 0.25) is 0 Å². The molecule has 86 valence electrons. The van der Waals surface area contributed by atoms with E-state index < -0.39 is 11.3 Å². The standard InChI is InChI=1S/C10H14F2INO/c11-10(12)5-8(10)4-9(7-15-13)2-1-3-14(9)6-8/h1-7H2. The van der Waals surface area contributed by atoms with Crippen LogP contribution in [0, 0.1) is 5.41 Å². The second-order valence-corrected chi connectivity index (χ2v) is 5.96. The highest BCUT2D eigenvalue weighted by molar-refractivity contribution is 14.1. The van der Waals surface area contributed by atoms with Gasteiger partial charge in [0.2, 0.25) is 0 Å². The van der Waals surface area contributed by atoms with E-state index in [1.165, 1.54) is 0 Å². The minimum absolute atomic E-state index is 0.0683. The summed E-state index contributed by atoms with van der Waals surface area (Å²) in [5, 5.41) is 0. The summed E-state index contributed by atoms with van der Waals surface area (Å²) < 4.78 is 31.9. The molecule has 1 aliphatic carbocycles. The van der Waals surface area contributed by atoms with Gasteiger partial charge >= 0.3 is 0 Å². The van der Waals surface area contributed by atoms with Crippen LogP contribution >= 0.6 is 23.0 Å². The van der Waals surface area contributed by atoms with E-state index in [0.29, 0.717) is 19.6 Å². The van der Waals surface area contributed by atoms with Crippen molar-refractivity contribution < 1.29 is 11.8 Å². The van der Waals surface area contributed by atoms with Crippen LogP contribution in [0.25, 0.3) is 0 Å². The van der Waals surface area contributed by atoms with E-state index in [-0.39, 0.29) is 12.0 Å². The molecule has 1 spiro atoms. The fraction of sp³-hybridized carbons (Fsp3) is 1.00. The lowest BCUT2D eigenvalue weighted by Crippen LogP contribution is -2.41. The first kappa shape index (κ1) is 10.7. The first-order chi connectivity index (χ1) is 7.04. The van der Waals surface area contributed by atoms with E-state index in [4.69, 9.17) is 3.07 Å². The van der Waals surface area contributed by atoms with Crippen molar-refractivity contribution in [3.8, 4) is 0 Å². The van der Waals surface area contributed by atoms with Crippen LogP contribution < -0.4 is 0 Å². The molecule has 3 aliphatic rings. The van der Waals surface area contributed by atoms with Crippen LogP contribution in [0.15, 0.2) is 0 Å². The Balaban J connectivity index is 1.83. The Bertz CT molecular complexity index is 301. The highest BCUT2D eigenvalue weighted by Crippen LogP contribution is 2.69. The normalized spacial score (nSPS) is 47.4. The number of hydrogen-bond donors (Lipinski definition) is 0. The Kier molecular flexibility index (Phi) is 2.16. The monoisotopic (exact) mass is 329 g/mol. The summed E-state index contributed by atoms with van der Waals surface area (Å²) in [7, 11) is 0. The molecule has 5 heteroatoms. The van der Waals surface area contributed by atoms with Gasteiger partial charge in [-0.05, 0) is 25.8 Å². The molecule has 0 radical (unpaired) electrons. The number of nitrogens with zero attached hydrogens (tertiary/aromatic N) is 1. The summed E-state index contributed by atoms with van der Waals surface area (Å²) in [5.74, 6) is -2.41. The van der Waals surface area contributed by atoms with Gasteiger partial charge in [-0.3, -0.25) is 4.90 Å². The van der Waals surface area contributed by atoms with Crippen molar-refractivity contribution in [2.75, 3.05) is 19.7 Å². The Hall–Kier alpha value is 0.510. The van der Waals surface area contributed by atoms with E-state index in [1.807, 2.05) is 23.0 Å². The van der Waals surface area contributed by atoms with Crippen LogP contribution in [0.3, 0.4) is 0 Å². The molecule has 3 rings (SSSR count). The van der Waals surface area contributed by atoms with Crippen molar-refractivity contribution in [3.05, 3.63) is 0 Å². The van der Waals surface area contributed by atoms with Gasteiger partial charge in [-0.25, -0.2) is 8.78 Å². The summed E-state index contributed by atoms with van der Waals surface area (Å²) >= 11 is 1.88. The third kappa shape index (κ3) is 1.32. The van der Waals surface area contributed by atoms with E-state index >= 15 is 0 Å². The summed E-state index contributed by atoms with van der Waals surface area (Å²) in [6.07, 6.45) is 2.88. The van der Waals surface area contributed by atoms with Gasteiger partial charge in [-0.15, -0.1) is 0 Å². The zero-order valence-electron chi connectivity index (χ0n) is 8.44. The lowest BCUT2D eigenvalue weighted by Gasteiger charge is -2.30. The highest BCUT2D eigenvalue weighted by atomic mass is 127. The molecule has 2 nitrogen and oxygen atoms in total. The average molecular weight is 329 g/mol. The highest BCUT2D eigenvalue weighted by Gasteiger charge is 2.77. The molecule has 0 bridgehead atoms. The number of halogens is 3. The van der Waals surface area contributed by atoms with Gasteiger partial charge < -0.3 is 3.07 Å². The van der Waals surface area contributed by atoms with Gasteiger partial charge in [0, 0.05) is 18.5 Å². The largest absolute Gasteiger partial charge is 0.314 e. The fourth-order valence-corrected chi connectivity index (χ4v) is 4.13. The van der Waals surface area contributed by atoms with Crippen LogP contribution in [0.5, 0.6) is 0 Å². The van der Waals surface area contributed by atoms with Crippen molar-refractivity contribution >= 4 is 23.0 Å². The summed E-state index contributed by atoms with van der Waals surface area (Å²) in [5.41, 5.74) is -0.760. The molecule has 2 aliphatic heterocycles. The molecule has 2 atom stereocenters. The molecule has 2 heterocycles. The van der Waals surface area contributed by atoms with Crippen molar-refractivity contribution in [3.63, 3.8) is 0 Å². The topological polar surface area (TPSA) is 12.5 Å². The predicted octanol–water partition coefficient (Wildman–Crippen LogP) is 2.62. The van der Waals surface area contributed by atoms with Gasteiger partial charge in [0.1, 0.15) is 23.0 Å². The third-order valence-corrected chi connectivity index (χ3v) is 4.75. The quantitative estimate of drug-likeness (QED) is 0.722. The van der Waals surface area contributed by atoms with Gasteiger partial charge in [0.05, 0.1) is 12.0 Å². The molecule has 2 saturated heterocycles. The summed E-state index contributed by atoms with van der Waals surface area (Å²) in [4.78, 5) is 2.24. The van der Waals surface area contributed by atoms with E-state index in [1.54, 1.807) is 0 Å². The van der Waals surface area contributed by atoms with Gasteiger partial charge in [0.25, 0.3) is 5.92 Å². The molecule has 3 fully saturated rings. The third-order valence-electron chi connectivity index (χ3n) is 4.44. The first-order valence-corrected chi connectivity index (χ1v) is 6.28. The number of alkyl halides is 2. The Labute approximate surface area is 102 Å². The number of rotatable bonds is 2. The molecule has 0 aromatic carbocycles. The van der Waals surface area contributed by atoms with Crippen molar-refractivity contribution in [2.24, 2.45) is 5.41 Å². The second kappa shape index (κ2) is 3.04. The first-order valence-electron chi connectivity index (χ1n) is 5.40. The second-order valence-electron chi connectivity index (χ2n) is 5.34. The zero-order valence-corrected chi connectivity index (χ0v) is 10.6. The maximum atomic E-state index is 13.3. The summed E-state index contributed by atoms with van der Waals surface area (Å²) in [6.45, 7) is 2.16. The lowest BCUT2D eigenvalue weighted by atomic mass is 9.89. The van der Waals surface area contributed by atoms with Gasteiger partial charge in [-0.1, -0.05) is 0 Å². The van der Waals surface area contributed by atoms with E-state index in [2.05, 4.69) is 4.90 Å². The lowest BCUT2D eigenvalue weighted by molar-refractivity contribution is 0.0653. The maximum absolute atomic E-state index is 13.3. The molecule has 0 amide bonds. The molecular weight excluding hydrogens is 315 g/mol. The van der Waals surface area contributed by atoms with Crippen LogP contribution in [-0.4, -0.2) is 36.1 Å². The Morgan fingerprint density at radius 1 is 1.33 bits per heavy atom.